The number of amides is 1. The van der Waals surface area contributed by atoms with Crippen molar-refractivity contribution in [1.29, 1.82) is 0 Å². The minimum atomic E-state index is -0.267. The molecule has 0 aliphatic carbocycles. The lowest BCUT2D eigenvalue weighted by Crippen LogP contribution is -2.27. The maximum absolute atomic E-state index is 11.9. The van der Waals surface area contributed by atoms with Gasteiger partial charge in [0.1, 0.15) is 6.54 Å². The second-order valence-corrected chi connectivity index (χ2v) is 5.17. The Morgan fingerprint density at radius 2 is 2.20 bits per heavy atom. The van der Waals surface area contributed by atoms with E-state index in [2.05, 4.69) is 26.2 Å². The molecule has 0 fully saturated rings. The second-order valence-electron chi connectivity index (χ2n) is 4.26. The highest BCUT2D eigenvalue weighted by Crippen LogP contribution is 2.15. The van der Waals surface area contributed by atoms with Gasteiger partial charge in [0.2, 0.25) is 5.91 Å². The fourth-order valence-electron chi connectivity index (χ4n) is 1.70. The second kappa shape index (κ2) is 6.47. The Morgan fingerprint density at radius 1 is 1.40 bits per heavy atom. The van der Waals surface area contributed by atoms with E-state index in [-0.39, 0.29) is 18.0 Å². The number of anilines is 1. The van der Waals surface area contributed by atoms with Crippen LogP contribution in [0, 0.1) is 0 Å². The average Bonchev–Trinajstić information content (AvgIpc) is 2.41. The van der Waals surface area contributed by atoms with Crippen LogP contribution in [-0.4, -0.2) is 15.5 Å². The average molecular weight is 336 g/mol. The first-order valence-electron chi connectivity index (χ1n) is 6.19. The van der Waals surface area contributed by atoms with Crippen molar-refractivity contribution in [2.75, 3.05) is 5.32 Å². The molecule has 0 unspecified atom stereocenters. The Morgan fingerprint density at radius 3 is 2.85 bits per heavy atom. The van der Waals surface area contributed by atoms with Crippen molar-refractivity contribution in [1.82, 2.24) is 9.55 Å². The van der Waals surface area contributed by atoms with Gasteiger partial charge in [-0.25, -0.2) is 4.98 Å². The molecule has 104 valence electrons. The molecule has 2 rings (SSSR count). The zero-order chi connectivity index (χ0) is 14.5. The topological polar surface area (TPSA) is 64.0 Å². The Kier molecular flexibility index (Phi) is 4.68. The molecule has 1 amide bonds. The van der Waals surface area contributed by atoms with E-state index in [9.17, 15) is 9.59 Å². The van der Waals surface area contributed by atoms with Gasteiger partial charge in [0.25, 0.3) is 5.56 Å². The summed E-state index contributed by atoms with van der Waals surface area (Å²) in [5.41, 5.74) is 1.18. The predicted molar refractivity (Wildman–Crippen MR) is 80.6 cm³/mol. The number of nitrogens with one attached hydrogen (secondary N) is 1. The largest absolute Gasteiger partial charge is 0.324 e. The number of carbonyl (C=O) groups excluding carboxylic acids is 1. The lowest BCUT2D eigenvalue weighted by Gasteiger charge is -2.07. The monoisotopic (exact) mass is 335 g/mol. The van der Waals surface area contributed by atoms with Gasteiger partial charge in [0.15, 0.2) is 0 Å². The highest BCUT2D eigenvalue weighted by Gasteiger charge is 2.06. The number of hydrogen-bond acceptors (Lipinski definition) is 3. The van der Waals surface area contributed by atoms with E-state index in [1.807, 2.05) is 19.1 Å². The molecule has 0 saturated carbocycles. The summed E-state index contributed by atoms with van der Waals surface area (Å²) in [4.78, 5) is 27.8. The number of halogens is 1. The Hall–Kier alpha value is -1.95. The summed E-state index contributed by atoms with van der Waals surface area (Å²) in [5, 5.41) is 2.73. The van der Waals surface area contributed by atoms with E-state index in [1.54, 1.807) is 12.1 Å². The first-order chi connectivity index (χ1) is 9.58. The molecule has 1 aromatic carbocycles. The standard InChI is InChI=1S/C14H14BrN3O2/c1-2-11-7-14(20)18(9-16-11)8-13(19)17-12-5-3-4-10(15)6-12/h3-7,9H,2,8H2,1H3,(H,17,19). The fraction of sp³-hybridized carbons (Fsp3) is 0.214. The van der Waals surface area contributed by atoms with Crippen LogP contribution >= 0.6 is 15.9 Å². The quantitative estimate of drug-likeness (QED) is 0.931. The maximum Gasteiger partial charge on any atom is 0.253 e. The Labute approximate surface area is 124 Å². The molecule has 20 heavy (non-hydrogen) atoms. The zero-order valence-corrected chi connectivity index (χ0v) is 12.6. The van der Waals surface area contributed by atoms with Crippen molar-refractivity contribution < 1.29 is 4.79 Å². The van der Waals surface area contributed by atoms with Crippen molar-refractivity contribution in [3.63, 3.8) is 0 Å². The van der Waals surface area contributed by atoms with Crippen molar-refractivity contribution in [3.8, 4) is 0 Å². The smallest absolute Gasteiger partial charge is 0.253 e. The zero-order valence-electron chi connectivity index (χ0n) is 11.0. The summed E-state index contributed by atoms with van der Waals surface area (Å²) in [6.07, 6.45) is 2.10. The summed E-state index contributed by atoms with van der Waals surface area (Å²) in [7, 11) is 0. The van der Waals surface area contributed by atoms with Crippen LogP contribution in [0.4, 0.5) is 5.69 Å². The van der Waals surface area contributed by atoms with E-state index in [0.29, 0.717) is 12.1 Å². The number of hydrogen-bond donors (Lipinski definition) is 1. The molecule has 0 spiro atoms. The molecule has 0 aliphatic rings. The molecular weight excluding hydrogens is 322 g/mol. The first-order valence-corrected chi connectivity index (χ1v) is 6.98. The SMILES string of the molecule is CCc1cc(=O)n(CC(=O)Nc2cccc(Br)c2)cn1. The summed E-state index contributed by atoms with van der Waals surface area (Å²) < 4.78 is 2.16. The van der Waals surface area contributed by atoms with Crippen molar-refractivity contribution in [3.05, 3.63) is 57.2 Å². The molecule has 0 radical (unpaired) electrons. The van der Waals surface area contributed by atoms with Crippen LogP contribution in [-0.2, 0) is 17.8 Å². The minimum absolute atomic E-state index is 0.0532. The maximum atomic E-state index is 11.9. The molecule has 6 heteroatoms. The van der Waals surface area contributed by atoms with Crippen molar-refractivity contribution in [2.24, 2.45) is 0 Å². The molecule has 1 heterocycles. The molecule has 0 atom stereocenters. The van der Waals surface area contributed by atoms with Gasteiger partial charge in [-0.3, -0.25) is 14.2 Å². The number of rotatable bonds is 4. The third-order valence-electron chi connectivity index (χ3n) is 2.72. The van der Waals surface area contributed by atoms with Gasteiger partial charge in [0, 0.05) is 21.9 Å². The lowest BCUT2D eigenvalue weighted by atomic mass is 10.3. The van der Waals surface area contributed by atoms with Crippen LogP contribution in [0.3, 0.4) is 0 Å². The van der Waals surface area contributed by atoms with E-state index in [0.717, 1.165) is 10.2 Å². The molecular formula is C14H14BrN3O2. The minimum Gasteiger partial charge on any atom is -0.324 e. The van der Waals surface area contributed by atoms with Crippen LogP contribution in [0.1, 0.15) is 12.6 Å². The molecule has 1 aromatic heterocycles. The van der Waals surface area contributed by atoms with Crippen molar-refractivity contribution >= 4 is 27.5 Å². The number of benzene rings is 1. The van der Waals surface area contributed by atoms with E-state index >= 15 is 0 Å². The van der Waals surface area contributed by atoms with Crippen LogP contribution in [0.25, 0.3) is 0 Å². The van der Waals surface area contributed by atoms with Crippen LogP contribution < -0.4 is 10.9 Å². The summed E-state index contributed by atoms with van der Waals surface area (Å²) in [5.74, 6) is -0.267. The lowest BCUT2D eigenvalue weighted by molar-refractivity contribution is -0.116. The molecule has 2 aromatic rings. The van der Waals surface area contributed by atoms with Crippen molar-refractivity contribution in [2.45, 2.75) is 19.9 Å². The summed E-state index contributed by atoms with van der Waals surface area (Å²) in [6.45, 7) is 1.87. The number of aryl methyl sites for hydroxylation is 1. The molecule has 0 saturated heterocycles. The third-order valence-corrected chi connectivity index (χ3v) is 3.21. The van der Waals surface area contributed by atoms with Gasteiger partial charge in [-0.2, -0.15) is 0 Å². The number of nitrogens with zero attached hydrogens (tertiary/aromatic N) is 2. The summed E-state index contributed by atoms with van der Waals surface area (Å²) in [6, 6.07) is 8.71. The van der Waals surface area contributed by atoms with Gasteiger partial charge in [0.05, 0.1) is 6.33 Å². The van der Waals surface area contributed by atoms with Crippen LogP contribution in [0.15, 0.2) is 45.9 Å². The molecule has 0 aliphatic heterocycles. The van der Waals surface area contributed by atoms with Crippen LogP contribution in [0.2, 0.25) is 0 Å². The Bertz CT molecular complexity index is 682. The van der Waals surface area contributed by atoms with Gasteiger partial charge in [-0.1, -0.05) is 28.9 Å². The highest BCUT2D eigenvalue weighted by molar-refractivity contribution is 9.10. The fourth-order valence-corrected chi connectivity index (χ4v) is 2.10. The summed E-state index contributed by atoms with van der Waals surface area (Å²) >= 11 is 3.33. The third kappa shape index (κ3) is 3.77. The normalized spacial score (nSPS) is 10.3. The predicted octanol–water partition coefficient (Wildman–Crippen LogP) is 2.21. The Balaban J connectivity index is 2.07. The van der Waals surface area contributed by atoms with Gasteiger partial charge in [-0.05, 0) is 24.6 Å². The first kappa shape index (κ1) is 14.5. The van der Waals surface area contributed by atoms with Gasteiger partial charge >= 0.3 is 0 Å². The van der Waals surface area contributed by atoms with Gasteiger partial charge in [-0.15, -0.1) is 0 Å². The van der Waals surface area contributed by atoms with E-state index in [1.165, 1.54) is 17.0 Å². The van der Waals surface area contributed by atoms with Crippen LogP contribution in [0.5, 0.6) is 0 Å². The molecule has 1 N–H and O–H groups in total. The number of aromatic nitrogens is 2. The van der Waals surface area contributed by atoms with Gasteiger partial charge < -0.3 is 5.32 Å². The van der Waals surface area contributed by atoms with E-state index in [4.69, 9.17) is 0 Å². The molecule has 5 nitrogen and oxygen atoms in total. The van der Waals surface area contributed by atoms with E-state index < -0.39 is 0 Å². The highest BCUT2D eigenvalue weighted by atomic mass is 79.9. The molecule has 0 bridgehead atoms. The number of carbonyl (C=O) groups is 1.